The number of ketones is 1. The van der Waals surface area contributed by atoms with Crippen LogP contribution >= 0.6 is 11.3 Å². The maximum absolute atomic E-state index is 10.9. The molecule has 2 nitrogen and oxygen atoms in total. The zero-order valence-electron chi connectivity index (χ0n) is 7.82. The zero-order valence-corrected chi connectivity index (χ0v) is 8.64. The summed E-state index contributed by atoms with van der Waals surface area (Å²) in [4.78, 5) is 10.9. The molecule has 1 fully saturated rings. The summed E-state index contributed by atoms with van der Waals surface area (Å²) in [5.74, 6) is 0.233. The number of rotatable bonds is 3. The largest absolute Gasteiger partial charge is 0.300 e. The Bertz CT molecular complexity index is 366. The molecule has 0 radical (unpaired) electrons. The van der Waals surface area contributed by atoms with E-state index in [-0.39, 0.29) is 11.2 Å². The summed E-state index contributed by atoms with van der Waals surface area (Å²) in [5.41, 5.74) is 0.947. The Labute approximate surface area is 87.2 Å². The molecule has 0 saturated heterocycles. The number of carbonyl (C=O) groups excluding carboxylic acids is 1. The fourth-order valence-corrected chi connectivity index (χ4v) is 2.54. The molecule has 14 heavy (non-hydrogen) atoms. The van der Waals surface area contributed by atoms with Crippen LogP contribution in [0.3, 0.4) is 0 Å². The second-order valence-corrected chi connectivity index (χ2v) is 4.70. The van der Waals surface area contributed by atoms with Crippen molar-refractivity contribution in [1.82, 2.24) is 0 Å². The van der Waals surface area contributed by atoms with Crippen molar-refractivity contribution < 1.29 is 4.79 Å². The maximum atomic E-state index is 10.9. The van der Waals surface area contributed by atoms with Crippen molar-refractivity contribution >= 4 is 17.1 Å². The summed E-state index contributed by atoms with van der Waals surface area (Å²) in [6, 6.07) is 4.37. The summed E-state index contributed by atoms with van der Waals surface area (Å²) in [5, 5.41) is 13.1. The van der Waals surface area contributed by atoms with Crippen LogP contribution < -0.4 is 0 Å². The van der Waals surface area contributed by atoms with E-state index in [1.165, 1.54) is 5.56 Å². The van der Waals surface area contributed by atoms with E-state index in [1.807, 2.05) is 5.38 Å². The smallest absolute Gasteiger partial charge is 0.136 e. The molecule has 0 unspecified atom stereocenters. The van der Waals surface area contributed by atoms with Gasteiger partial charge in [-0.05, 0) is 35.2 Å². The van der Waals surface area contributed by atoms with Crippen molar-refractivity contribution in [3.05, 3.63) is 22.4 Å². The van der Waals surface area contributed by atoms with Gasteiger partial charge in [-0.25, -0.2) is 0 Å². The molecule has 1 aromatic rings. The molecule has 0 spiro atoms. The molecule has 1 aliphatic carbocycles. The molecule has 72 valence electrons. The van der Waals surface area contributed by atoms with Gasteiger partial charge in [0.2, 0.25) is 0 Å². The number of Topliss-reactive ketones (excluding diaryl/α,β-unsaturated/α-hetero) is 1. The molecule has 0 aliphatic heterocycles. The minimum Gasteiger partial charge on any atom is -0.300 e. The van der Waals surface area contributed by atoms with Crippen LogP contribution in [0.2, 0.25) is 0 Å². The van der Waals surface area contributed by atoms with E-state index in [0.29, 0.717) is 12.8 Å². The molecule has 0 amide bonds. The van der Waals surface area contributed by atoms with Crippen LogP contribution in [0, 0.1) is 16.7 Å². The van der Waals surface area contributed by atoms with Gasteiger partial charge in [-0.2, -0.15) is 16.6 Å². The van der Waals surface area contributed by atoms with Gasteiger partial charge in [-0.1, -0.05) is 0 Å². The highest BCUT2D eigenvalue weighted by Gasteiger charge is 2.43. The van der Waals surface area contributed by atoms with Crippen molar-refractivity contribution in [2.45, 2.75) is 25.7 Å². The van der Waals surface area contributed by atoms with Gasteiger partial charge in [0, 0.05) is 12.8 Å². The fraction of sp³-hybridized carbons (Fsp3) is 0.455. The molecular weight excluding hydrogens is 194 g/mol. The van der Waals surface area contributed by atoms with Crippen molar-refractivity contribution in [2.24, 2.45) is 5.41 Å². The molecule has 3 heteroatoms. The van der Waals surface area contributed by atoms with Crippen molar-refractivity contribution in [3.8, 4) is 6.07 Å². The van der Waals surface area contributed by atoms with Gasteiger partial charge < -0.3 is 0 Å². The Balaban J connectivity index is 1.92. The van der Waals surface area contributed by atoms with Gasteiger partial charge in [0.15, 0.2) is 0 Å². The summed E-state index contributed by atoms with van der Waals surface area (Å²) in [6.45, 7) is 0. The van der Waals surface area contributed by atoms with Crippen molar-refractivity contribution in [2.75, 3.05) is 0 Å². The van der Waals surface area contributed by atoms with Crippen LogP contribution in [0.1, 0.15) is 24.8 Å². The first-order valence-electron chi connectivity index (χ1n) is 4.68. The first kappa shape index (κ1) is 9.42. The second-order valence-electron chi connectivity index (χ2n) is 3.92. The molecule has 1 aliphatic rings. The third-order valence-corrected chi connectivity index (χ3v) is 3.51. The van der Waals surface area contributed by atoms with E-state index in [9.17, 15) is 4.79 Å². The topological polar surface area (TPSA) is 40.9 Å². The normalized spacial score (nSPS) is 18.6. The molecule has 0 atom stereocenters. The Morgan fingerprint density at radius 3 is 2.86 bits per heavy atom. The first-order valence-corrected chi connectivity index (χ1v) is 5.62. The van der Waals surface area contributed by atoms with Crippen LogP contribution in [0.5, 0.6) is 0 Å². The van der Waals surface area contributed by atoms with E-state index in [1.54, 1.807) is 11.3 Å². The molecule has 0 N–H and O–H groups in total. The van der Waals surface area contributed by atoms with E-state index in [2.05, 4.69) is 17.5 Å². The molecule has 0 bridgehead atoms. The molecule has 1 aromatic heterocycles. The number of thiophene rings is 1. The Kier molecular flexibility index (Phi) is 2.39. The lowest BCUT2D eigenvalue weighted by atomic mass is 9.66. The van der Waals surface area contributed by atoms with E-state index < -0.39 is 0 Å². The molecule has 0 aromatic carbocycles. The Morgan fingerprint density at radius 1 is 1.57 bits per heavy atom. The Hall–Kier alpha value is -1.14. The predicted octanol–water partition coefficient (Wildman–Crippen LogP) is 2.55. The fourth-order valence-electron chi connectivity index (χ4n) is 1.83. The molecule has 1 saturated carbocycles. The van der Waals surface area contributed by atoms with Gasteiger partial charge in [0.25, 0.3) is 0 Å². The van der Waals surface area contributed by atoms with Gasteiger partial charge >= 0.3 is 0 Å². The molecule has 1 heterocycles. The number of hydrogen-bond acceptors (Lipinski definition) is 3. The number of aryl methyl sites for hydroxylation is 1. The zero-order chi connectivity index (χ0) is 10.0. The van der Waals surface area contributed by atoms with Gasteiger partial charge in [0.1, 0.15) is 5.78 Å². The second kappa shape index (κ2) is 3.55. The summed E-state index contributed by atoms with van der Waals surface area (Å²) in [6.07, 6.45) is 2.68. The predicted molar refractivity (Wildman–Crippen MR) is 54.9 cm³/mol. The SMILES string of the molecule is N#CC1(CCc2ccsc2)CC(=O)C1. The average Bonchev–Trinajstić information content (AvgIpc) is 2.63. The summed E-state index contributed by atoms with van der Waals surface area (Å²) >= 11 is 1.67. The van der Waals surface area contributed by atoms with E-state index in [0.717, 1.165) is 12.8 Å². The number of carbonyl (C=O) groups is 1. The van der Waals surface area contributed by atoms with Crippen LogP contribution in [0.15, 0.2) is 16.8 Å². The van der Waals surface area contributed by atoms with Crippen LogP contribution in [0.4, 0.5) is 0 Å². The van der Waals surface area contributed by atoms with E-state index in [4.69, 9.17) is 5.26 Å². The lowest BCUT2D eigenvalue weighted by Crippen LogP contribution is -2.36. The minimum absolute atomic E-state index is 0.233. The highest BCUT2D eigenvalue weighted by Crippen LogP contribution is 2.41. The number of hydrogen-bond donors (Lipinski definition) is 0. The molecular formula is C11H11NOS. The molecule has 2 rings (SSSR count). The van der Waals surface area contributed by atoms with Gasteiger partial charge in [-0.3, -0.25) is 4.79 Å². The van der Waals surface area contributed by atoms with Gasteiger partial charge in [0.05, 0.1) is 11.5 Å². The third-order valence-electron chi connectivity index (χ3n) is 2.78. The lowest BCUT2D eigenvalue weighted by molar-refractivity contribution is -0.130. The minimum atomic E-state index is -0.334. The highest BCUT2D eigenvalue weighted by atomic mass is 32.1. The lowest BCUT2D eigenvalue weighted by Gasteiger charge is -2.33. The summed E-state index contributed by atoms with van der Waals surface area (Å²) < 4.78 is 0. The third kappa shape index (κ3) is 1.71. The monoisotopic (exact) mass is 205 g/mol. The average molecular weight is 205 g/mol. The van der Waals surface area contributed by atoms with Crippen LogP contribution in [0.25, 0.3) is 0 Å². The van der Waals surface area contributed by atoms with Gasteiger partial charge in [-0.15, -0.1) is 0 Å². The van der Waals surface area contributed by atoms with E-state index >= 15 is 0 Å². The Morgan fingerprint density at radius 2 is 2.36 bits per heavy atom. The summed E-state index contributed by atoms with van der Waals surface area (Å²) in [7, 11) is 0. The van der Waals surface area contributed by atoms with Crippen LogP contribution in [-0.2, 0) is 11.2 Å². The standard InChI is InChI=1S/C11H11NOS/c12-8-11(5-10(13)6-11)3-1-9-2-4-14-7-9/h2,4,7H,1,3,5-6H2. The highest BCUT2D eigenvalue weighted by molar-refractivity contribution is 7.07. The maximum Gasteiger partial charge on any atom is 0.136 e. The number of nitrogens with zero attached hydrogens (tertiary/aromatic N) is 1. The van der Waals surface area contributed by atoms with Crippen molar-refractivity contribution in [3.63, 3.8) is 0 Å². The quantitative estimate of drug-likeness (QED) is 0.760. The first-order chi connectivity index (χ1) is 6.74. The van der Waals surface area contributed by atoms with Crippen molar-refractivity contribution in [1.29, 1.82) is 5.26 Å². The van der Waals surface area contributed by atoms with Crippen LogP contribution in [-0.4, -0.2) is 5.78 Å². The number of nitriles is 1.